The highest BCUT2D eigenvalue weighted by atomic mass is 16.3. The van der Waals surface area contributed by atoms with Gasteiger partial charge in [0.2, 0.25) is 0 Å². The SMILES string of the molecule is [B]c1c([B])c([B])c(-c2ccc3oc4cc(-c5c6ccccc6c(-c6c([B])c([B])c(-c7c([B])c([B])c([B])c([B])c7[B])c([B])c6[B])c6ccccc56)ccc4c3c2)c([B])c1[B]. The molecule has 0 aliphatic carbocycles. The Morgan fingerprint density at radius 3 is 1.03 bits per heavy atom. The minimum Gasteiger partial charge on any atom is -0.456 e. The molecule has 9 aromatic rings. The van der Waals surface area contributed by atoms with Gasteiger partial charge in [-0.15, -0.1) is 32.8 Å². The number of hydrogen-bond donors (Lipinski definition) is 0. The molecule has 0 saturated carbocycles. The Balaban J connectivity index is 1.27. The summed E-state index contributed by atoms with van der Waals surface area (Å²) >= 11 is 0. The Labute approximate surface area is 361 Å². The summed E-state index contributed by atoms with van der Waals surface area (Å²) in [7, 11) is 90.3. The summed E-state index contributed by atoms with van der Waals surface area (Å²) in [5.41, 5.74) is 7.76. The van der Waals surface area contributed by atoms with E-state index in [0.29, 0.717) is 27.9 Å². The van der Waals surface area contributed by atoms with Crippen molar-refractivity contribution in [2.24, 2.45) is 0 Å². The van der Waals surface area contributed by atoms with Crippen molar-refractivity contribution in [3.63, 3.8) is 0 Å². The van der Waals surface area contributed by atoms with Crippen LogP contribution in [0.25, 0.3) is 88.0 Å². The number of rotatable bonds is 4. The van der Waals surface area contributed by atoms with Crippen molar-refractivity contribution in [1.29, 1.82) is 0 Å². The summed E-state index contributed by atoms with van der Waals surface area (Å²) in [5, 5.41) is 5.24. The monoisotopic (exact) mass is 712 g/mol. The fourth-order valence-electron chi connectivity index (χ4n) is 8.44. The molecule has 1 heterocycles. The Hall–Kier alpha value is -5.01. The Morgan fingerprint density at radius 1 is 0.237 bits per heavy atom. The van der Waals surface area contributed by atoms with Crippen LogP contribution in [0, 0.1) is 0 Å². The summed E-state index contributed by atoms with van der Waals surface area (Å²) in [6, 6.07) is 27.7. The zero-order chi connectivity index (χ0) is 41.9. The third-order valence-electron chi connectivity index (χ3n) is 11.5. The van der Waals surface area contributed by atoms with Gasteiger partial charge in [-0.1, -0.05) is 104 Å². The Morgan fingerprint density at radius 2 is 0.576 bits per heavy atom. The molecule has 0 aliphatic rings. The number of furan rings is 1. The van der Waals surface area contributed by atoms with Gasteiger partial charge in [0.15, 0.2) is 0 Å². The lowest BCUT2D eigenvalue weighted by molar-refractivity contribution is 0.669. The van der Waals surface area contributed by atoms with E-state index in [2.05, 4.69) is 6.07 Å². The molecular formula is C44H14B14O. The molecule has 0 fully saturated rings. The van der Waals surface area contributed by atoms with Gasteiger partial charge in [-0.05, 0) is 90.3 Å². The Bertz CT molecular complexity index is 3190. The summed E-state index contributed by atoms with van der Waals surface area (Å²) < 4.78 is 6.46. The molecule has 0 unspecified atom stereocenters. The lowest BCUT2D eigenvalue weighted by Gasteiger charge is -2.29. The third-order valence-corrected chi connectivity index (χ3v) is 11.5. The molecule has 59 heavy (non-hydrogen) atoms. The first-order chi connectivity index (χ1) is 28.1. The minimum atomic E-state index is 0.0367. The van der Waals surface area contributed by atoms with E-state index in [9.17, 15) is 0 Å². The molecule has 8 aromatic carbocycles. The van der Waals surface area contributed by atoms with E-state index in [1.54, 1.807) is 0 Å². The topological polar surface area (TPSA) is 13.1 Å². The zero-order valence-electron chi connectivity index (χ0n) is 31.6. The molecule has 0 N–H and O–H groups in total. The summed E-state index contributed by atoms with van der Waals surface area (Å²) in [6.07, 6.45) is 0. The molecule has 0 amide bonds. The van der Waals surface area contributed by atoms with Gasteiger partial charge in [-0.2, -0.15) is 0 Å². The van der Waals surface area contributed by atoms with Gasteiger partial charge >= 0.3 is 0 Å². The first-order valence-electron chi connectivity index (χ1n) is 18.3. The average Bonchev–Trinajstić information content (AvgIpc) is 3.61. The molecule has 28 radical (unpaired) electrons. The van der Waals surface area contributed by atoms with Crippen LogP contribution in [-0.4, -0.2) is 110 Å². The number of benzene rings is 8. The van der Waals surface area contributed by atoms with Gasteiger partial charge in [0.25, 0.3) is 0 Å². The van der Waals surface area contributed by atoms with E-state index in [4.69, 9.17) is 114 Å². The smallest absolute Gasteiger partial charge is 0.136 e. The molecule has 0 saturated heterocycles. The summed E-state index contributed by atoms with van der Waals surface area (Å²) in [6.45, 7) is 0. The maximum atomic E-state index is 6.97. The predicted molar refractivity (Wildman–Crippen MR) is 266 cm³/mol. The third kappa shape index (κ3) is 5.74. The molecule has 9 rings (SSSR count). The molecule has 238 valence electrons. The minimum absolute atomic E-state index is 0.0367. The van der Waals surface area contributed by atoms with Crippen LogP contribution >= 0.6 is 0 Å². The number of fused-ring (bicyclic) bond motifs is 5. The van der Waals surface area contributed by atoms with Crippen LogP contribution < -0.4 is 76.5 Å². The highest BCUT2D eigenvalue weighted by Gasteiger charge is 2.24. The van der Waals surface area contributed by atoms with Gasteiger partial charge in [0.05, 0.1) is 0 Å². The molecule has 15 heteroatoms. The van der Waals surface area contributed by atoms with Gasteiger partial charge in [0, 0.05) is 10.8 Å². The van der Waals surface area contributed by atoms with Crippen molar-refractivity contribution >= 4 is 230 Å². The first-order valence-corrected chi connectivity index (χ1v) is 18.3. The second-order valence-electron chi connectivity index (χ2n) is 14.7. The van der Waals surface area contributed by atoms with Crippen molar-refractivity contribution in [1.82, 2.24) is 0 Å². The van der Waals surface area contributed by atoms with Crippen LogP contribution in [-0.2, 0) is 0 Å². The largest absolute Gasteiger partial charge is 0.456 e. The first kappa shape index (κ1) is 39.5. The van der Waals surface area contributed by atoms with E-state index in [1.807, 2.05) is 78.9 Å². The van der Waals surface area contributed by atoms with Crippen molar-refractivity contribution in [3.8, 4) is 44.5 Å². The van der Waals surface area contributed by atoms with E-state index in [0.717, 1.165) is 49.0 Å². The quantitative estimate of drug-likeness (QED) is 0.133. The number of hydrogen-bond acceptors (Lipinski definition) is 1. The molecule has 0 bridgehead atoms. The fraction of sp³-hybridized carbons (Fsp3) is 0. The van der Waals surface area contributed by atoms with Gasteiger partial charge in [-0.3, -0.25) is 0 Å². The van der Waals surface area contributed by atoms with Crippen LogP contribution in [0.15, 0.2) is 89.3 Å². The van der Waals surface area contributed by atoms with Crippen molar-refractivity contribution in [3.05, 3.63) is 84.9 Å². The molecule has 0 aliphatic heterocycles. The lowest BCUT2D eigenvalue weighted by atomic mass is 9.56. The van der Waals surface area contributed by atoms with Crippen LogP contribution in [0.2, 0.25) is 0 Å². The van der Waals surface area contributed by atoms with Crippen LogP contribution in [0.3, 0.4) is 0 Å². The van der Waals surface area contributed by atoms with Crippen LogP contribution in [0.1, 0.15) is 0 Å². The lowest BCUT2D eigenvalue weighted by Crippen LogP contribution is -2.57. The van der Waals surface area contributed by atoms with Crippen molar-refractivity contribution in [2.75, 3.05) is 0 Å². The highest BCUT2D eigenvalue weighted by Crippen LogP contribution is 2.44. The highest BCUT2D eigenvalue weighted by molar-refractivity contribution is 6.71. The van der Waals surface area contributed by atoms with E-state index in [-0.39, 0.29) is 87.6 Å². The van der Waals surface area contributed by atoms with Crippen LogP contribution in [0.5, 0.6) is 0 Å². The molecule has 1 aromatic heterocycles. The van der Waals surface area contributed by atoms with Crippen molar-refractivity contribution < 1.29 is 4.42 Å². The zero-order valence-corrected chi connectivity index (χ0v) is 31.6. The molecular weight excluding hydrogens is 696 g/mol. The average molecular weight is 710 g/mol. The van der Waals surface area contributed by atoms with Gasteiger partial charge in [0.1, 0.15) is 121 Å². The van der Waals surface area contributed by atoms with E-state index >= 15 is 0 Å². The standard InChI is InChI=1S/C44H14B14O/c45-31-26(32(46)40(54)43(57)39(31)53)15-10-12-23-22(13-15)17-11-9-16(14-24(17)59-23)25-18-5-1-3-7-20(18)27(21-8-4-2-6-19(21)25)28-33(47)35(49)29(36(50)34(28)48)30-37(51)41(55)44(58)42(56)38(30)52/h1-14H. The van der Waals surface area contributed by atoms with Crippen molar-refractivity contribution in [2.45, 2.75) is 0 Å². The summed E-state index contributed by atoms with van der Waals surface area (Å²) in [5.74, 6) is 0. The van der Waals surface area contributed by atoms with E-state index < -0.39 is 0 Å². The summed E-state index contributed by atoms with van der Waals surface area (Å²) in [4.78, 5) is 0. The Kier molecular flexibility index (Phi) is 9.58. The maximum absolute atomic E-state index is 6.97. The molecule has 0 spiro atoms. The van der Waals surface area contributed by atoms with Crippen LogP contribution in [0.4, 0.5) is 0 Å². The van der Waals surface area contributed by atoms with Gasteiger partial charge < -0.3 is 4.42 Å². The maximum Gasteiger partial charge on any atom is 0.136 e. The molecule has 0 atom stereocenters. The fourth-order valence-corrected chi connectivity index (χ4v) is 8.44. The van der Waals surface area contributed by atoms with Gasteiger partial charge in [-0.25, -0.2) is 0 Å². The second-order valence-corrected chi connectivity index (χ2v) is 14.7. The molecule has 1 nitrogen and oxygen atoms in total. The predicted octanol–water partition coefficient (Wildman–Crippen LogP) is -4.33. The normalized spacial score (nSPS) is 11.7. The second kappa shape index (κ2) is 14.3. The van der Waals surface area contributed by atoms with E-state index in [1.165, 1.54) is 0 Å².